The second kappa shape index (κ2) is 3.75. The molecule has 0 spiro atoms. The Labute approximate surface area is 96.9 Å². The maximum absolute atomic E-state index is 5.63. The Hall–Kier alpha value is -2.63. The van der Waals surface area contributed by atoms with Crippen LogP contribution in [0.25, 0.3) is 11.0 Å². The van der Waals surface area contributed by atoms with Crippen LogP contribution in [-0.2, 0) is 0 Å². The van der Waals surface area contributed by atoms with Crippen molar-refractivity contribution in [2.45, 2.75) is 0 Å². The summed E-state index contributed by atoms with van der Waals surface area (Å²) in [6.45, 7) is 0. The molecule has 0 atom stereocenters. The lowest BCUT2D eigenvalue weighted by Crippen LogP contribution is -1.95. The molecule has 6 heteroatoms. The van der Waals surface area contributed by atoms with Crippen molar-refractivity contribution in [1.82, 2.24) is 20.2 Å². The molecule has 4 N–H and O–H groups in total. The summed E-state index contributed by atoms with van der Waals surface area (Å²) in [5.74, 6) is 0.716. The highest BCUT2D eigenvalue weighted by Crippen LogP contribution is 2.21. The van der Waals surface area contributed by atoms with E-state index in [1.54, 1.807) is 6.20 Å². The van der Waals surface area contributed by atoms with Crippen molar-refractivity contribution in [1.29, 1.82) is 0 Å². The van der Waals surface area contributed by atoms with Crippen LogP contribution in [0.15, 0.2) is 36.8 Å². The molecule has 3 rings (SSSR count). The summed E-state index contributed by atoms with van der Waals surface area (Å²) in [5, 5.41) is 10.8. The number of nitrogens with one attached hydrogen (secondary N) is 2. The Morgan fingerprint density at radius 2 is 1.94 bits per heavy atom. The number of rotatable bonds is 2. The summed E-state index contributed by atoms with van der Waals surface area (Å²) in [6, 6.07) is 7.44. The Morgan fingerprint density at radius 3 is 2.76 bits per heavy atom. The second-order valence-corrected chi connectivity index (χ2v) is 3.60. The van der Waals surface area contributed by atoms with E-state index >= 15 is 0 Å². The van der Waals surface area contributed by atoms with Crippen LogP contribution in [0, 0.1) is 0 Å². The van der Waals surface area contributed by atoms with E-state index < -0.39 is 0 Å². The van der Waals surface area contributed by atoms with Crippen molar-refractivity contribution in [2.24, 2.45) is 0 Å². The molecular formula is C11H10N6. The molecule has 0 unspecified atom stereocenters. The predicted molar refractivity (Wildman–Crippen MR) is 65.8 cm³/mol. The molecule has 0 aliphatic carbocycles. The summed E-state index contributed by atoms with van der Waals surface area (Å²) in [4.78, 5) is 8.25. The molecule has 0 fully saturated rings. The van der Waals surface area contributed by atoms with E-state index in [4.69, 9.17) is 5.73 Å². The van der Waals surface area contributed by atoms with E-state index in [0.717, 1.165) is 16.8 Å². The first-order valence-electron chi connectivity index (χ1n) is 5.09. The van der Waals surface area contributed by atoms with E-state index in [1.165, 1.54) is 6.33 Å². The summed E-state index contributed by atoms with van der Waals surface area (Å²) in [6.07, 6.45) is 3.18. The fourth-order valence-corrected chi connectivity index (χ4v) is 1.57. The largest absolute Gasteiger partial charge is 0.399 e. The van der Waals surface area contributed by atoms with Crippen LogP contribution < -0.4 is 11.1 Å². The number of aromatic amines is 1. The number of hydrogen-bond donors (Lipinski definition) is 3. The fraction of sp³-hybridized carbons (Fsp3) is 0. The van der Waals surface area contributed by atoms with Crippen LogP contribution in [0.4, 0.5) is 17.2 Å². The smallest absolute Gasteiger partial charge is 0.160 e. The van der Waals surface area contributed by atoms with Gasteiger partial charge in [-0.25, -0.2) is 9.97 Å². The zero-order valence-electron chi connectivity index (χ0n) is 8.88. The van der Waals surface area contributed by atoms with Crippen LogP contribution in [0.5, 0.6) is 0 Å². The zero-order chi connectivity index (χ0) is 11.7. The molecular weight excluding hydrogens is 216 g/mol. The molecule has 6 nitrogen and oxygen atoms in total. The molecule has 0 aliphatic heterocycles. The lowest BCUT2D eigenvalue weighted by Gasteiger charge is -2.05. The van der Waals surface area contributed by atoms with Gasteiger partial charge in [-0.2, -0.15) is 5.10 Å². The van der Waals surface area contributed by atoms with E-state index in [-0.39, 0.29) is 0 Å². The highest BCUT2D eigenvalue weighted by molar-refractivity contribution is 5.87. The average Bonchev–Trinajstić information content (AvgIpc) is 2.81. The quantitative estimate of drug-likeness (QED) is 0.578. The third kappa shape index (κ3) is 1.76. The standard InChI is InChI=1S/C11H10N6/c12-7-1-3-8(4-2-7)16-10-9-5-15-17-11(9)14-6-13-10/h1-6H,12H2,(H2,13,14,15,16,17). The first-order valence-corrected chi connectivity index (χ1v) is 5.09. The summed E-state index contributed by atoms with van der Waals surface area (Å²) in [5.41, 5.74) is 7.98. The Balaban J connectivity index is 1.99. The minimum atomic E-state index is 0.706. The van der Waals surface area contributed by atoms with Gasteiger partial charge in [0.2, 0.25) is 0 Å². The van der Waals surface area contributed by atoms with Crippen LogP contribution in [0.2, 0.25) is 0 Å². The number of fused-ring (bicyclic) bond motifs is 1. The average molecular weight is 226 g/mol. The minimum Gasteiger partial charge on any atom is -0.399 e. The van der Waals surface area contributed by atoms with Gasteiger partial charge in [-0.3, -0.25) is 5.10 Å². The van der Waals surface area contributed by atoms with Crippen molar-refractivity contribution in [3.63, 3.8) is 0 Å². The van der Waals surface area contributed by atoms with Gasteiger partial charge in [0.05, 0.1) is 11.6 Å². The Bertz CT molecular complexity index is 642. The van der Waals surface area contributed by atoms with Crippen molar-refractivity contribution >= 4 is 28.2 Å². The number of nitrogens with zero attached hydrogens (tertiary/aromatic N) is 3. The van der Waals surface area contributed by atoms with Gasteiger partial charge in [-0.15, -0.1) is 0 Å². The first kappa shape index (κ1) is 9.59. The van der Waals surface area contributed by atoms with Gasteiger partial charge in [0.25, 0.3) is 0 Å². The molecule has 0 radical (unpaired) electrons. The summed E-state index contributed by atoms with van der Waals surface area (Å²) >= 11 is 0. The van der Waals surface area contributed by atoms with Gasteiger partial charge in [0.15, 0.2) is 5.65 Å². The third-order valence-corrected chi connectivity index (χ3v) is 2.42. The number of nitrogens with two attached hydrogens (primary N) is 1. The van der Waals surface area contributed by atoms with Gasteiger partial charge in [0, 0.05) is 11.4 Å². The topological polar surface area (TPSA) is 92.5 Å². The fourth-order valence-electron chi connectivity index (χ4n) is 1.57. The van der Waals surface area contributed by atoms with Gasteiger partial charge in [-0.05, 0) is 24.3 Å². The maximum Gasteiger partial charge on any atom is 0.160 e. The zero-order valence-corrected chi connectivity index (χ0v) is 8.88. The molecule has 2 aromatic heterocycles. The van der Waals surface area contributed by atoms with Gasteiger partial charge < -0.3 is 11.1 Å². The van der Waals surface area contributed by atoms with Crippen molar-refractivity contribution in [3.8, 4) is 0 Å². The molecule has 17 heavy (non-hydrogen) atoms. The molecule has 1 aromatic carbocycles. The monoisotopic (exact) mass is 226 g/mol. The number of aromatic nitrogens is 4. The SMILES string of the molecule is Nc1ccc(Nc2ncnc3[nH]ncc23)cc1. The van der Waals surface area contributed by atoms with E-state index in [0.29, 0.717) is 11.5 Å². The van der Waals surface area contributed by atoms with Gasteiger partial charge in [0.1, 0.15) is 12.1 Å². The molecule has 0 saturated heterocycles. The Kier molecular flexibility index (Phi) is 2.11. The van der Waals surface area contributed by atoms with Gasteiger partial charge in [-0.1, -0.05) is 0 Å². The second-order valence-electron chi connectivity index (χ2n) is 3.60. The molecule has 3 aromatic rings. The van der Waals surface area contributed by atoms with Crippen molar-refractivity contribution in [3.05, 3.63) is 36.8 Å². The van der Waals surface area contributed by atoms with Crippen molar-refractivity contribution < 1.29 is 0 Å². The molecule has 0 saturated carbocycles. The lowest BCUT2D eigenvalue weighted by molar-refractivity contribution is 1.09. The highest BCUT2D eigenvalue weighted by Gasteiger charge is 2.04. The number of H-pyrrole nitrogens is 1. The van der Waals surface area contributed by atoms with Crippen molar-refractivity contribution in [2.75, 3.05) is 11.1 Å². The minimum absolute atomic E-state index is 0.706. The Morgan fingerprint density at radius 1 is 1.12 bits per heavy atom. The van der Waals surface area contributed by atoms with Crippen LogP contribution >= 0.6 is 0 Å². The van der Waals surface area contributed by atoms with Crippen LogP contribution in [0.3, 0.4) is 0 Å². The van der Waals surface area contributed by atoms with E-state index in [9.17, 15) is 0 Å². The van der Waals surface area contributed by atoms with E-state index in [2.05, 4.69) is 25.5 Å². The van der Waals surface area contributed by atoms with Gasteiger partial charge >= 0.3 is 0 Å². The predicted octanol–water partition coefficient (Wildman–Crippen LogP) is 1.68. The highest BCUT2D eigenvalue weighted by atomic mass is 15.2. The normalized spacial score (nSPS) is 10.6. The summed E-state index contributed by atoms with van der Waals surface area (Å²) in [7, 11) is 0. The molecule has 0 bridgehead atoms. The third-order valence-electron chi connectivity index (χ3n) is 2.42. The van der Waals surface area contributed by atoms with Crippen LogP contribution in [-0.4, -0.2) is 20.2 Å². The summed E-state index contributed by atoms with van der Waals surface area (Å²) < 4.78 is 0. The molecule has 0 amide bonds. The number of hydrogen-bond acceptors (Lipinski definition) is 5. The maximum atomic E-state index is 5.63. The molecule has 0 aliphatic rings. The molecule has 84 valence electrons. The van der Waals surface area contributed by atoms with Crippen LogP contribution in [0.1, 0.15) is 0 Å². The lowest BCUT2D eigenvalue weighted by atomic mass is 10.3. The van der Waals surface area contributed by atoms with E-state index in [1.807, 2.05) is 24.3 Å². The number of benzene rings is 1. The number of anilines is 3. The first-order chi connectivity index (χ1) is 8.33. The molecule has 2 heterocycles. The number of nitrogen functional groups attached to an aromatic ring is 1.